The predicted molar refractivity (Wildman–Crippen MR) is 99.7 cm³/mol. The number of anilines is 2. The number of hydrogen-bond donors (Lipinski definition) is 1. The van der Waals surface area contributed by atoms with Crippen molar-refractivity contribution in [2.24, 2.45) is 0 Å². The van der Waals surface area contributed by atoms with Gasteiger partial charge in [-0.1, -0.05) is 37.3 Å². The monoisotopic (exact) mass is 325 g/mol. The third kappa shape index (κ3) is 4.45. The van der Waals surface area contributed by atoms with E-state index >= 15 is 0 Å². The molecule has 1 aromatic heterocycles. The minimum atomic E-state index is 0.735. The van der Waals surface area contributed by atoms with Crippen molar-refractivity contribution >= 4 is 11.8 Å². The highest BCUT2D eigenvalue weighted by atomic mass is 15.3. The second-order valence-electron chi connectivity index (χ2n) is 6.27. The van der Waals surface area contributed by atoms with E-state index in [1.165, 1.54) is 5.56 Å². The van der Waals surface area contributed by atoms with Crippen molar-refractivity contribution in [2.45, 2.75) is 20.3 Å². The minimum absolute atomic E-state index is 0.735. The van der Waals surface area contributed by atoms with Gasteiger partial charge in [-0.15, -0.1) is 0 Å². The molecule has 1 aliphatic rings. The summed E-state index contributed by atoms with van der Waals surface area (Å²) in [6.45, 7) is 10.5. The summed E-state index contributed by atoms with van der Waals surface area (Å²) in [6, 6.07) is 12.6. The van der Waals surface area contributed by atoms with Crippen LogP contribution in [0.1, 0.15) is 18.2 Å². The van der Waals surface area contributed by atoms with Gasteiger partial charge in [0.25, 0.3) is 0 Å². The zero-order valence-corrected chi connectivity index (χ0v) is 14.7. The Morgan fingerprint density at radius 2 is 1.79 bits per heavy atom. The number of aromatic nitrogens is 2. The molecule has 1 N–H and O–H groups in total. The summed E-state index contributed by atoms with van der Waals surface area (Å²) in [5, 5.41) is 3.37. The molecule has 0 radical (unpaired) electrons. The standard InChI is InChI=1S/C19H27N5/c1-3-23-11-13-24(14-12-23)18-15-16(2)21-19(22-18)20-10-9-17-7-5-4-6-8-17/h4-8,15H,3,9-14H2,1-2H3,(H,20,21,22). The molecule has 5 nitrogen and oxygen atoms in total. The molecule has 2 heterocycles. The molecule has 0 spiro atoms. The van der Waals surface area contributed by atoms with Crippen LogP contribution in [0.25, 0.3) is 0 Å². The Morgan fingerprint density at radius 3 is 2.50 bits per heavy atom. The molecule has 1 aromatic carbocycles. The fourth-order valence-electron chi connectivity index (χ4n) is 3.05. The Kier molecular flexibility index (Phi) is 5.64. The Balaban J connectivity index is 1.59. The third-order valence-corrected chi connectivity index (χ3v) is 4.52. The Morgan fingerprint density at radius 1 is 1.04 bits per heavy atom. The maximum Gasteiger partial charge on any atom is 0.224 e. The topological polar surface area (TPSA) is 44.3 Å². The molecular weight excluding hydrogens is 298 g/mol. The van der Waals surface area contributed by atoms with Gasteiger partial charge in [-0.05, 0) is 25.5 Å². The number of rotatable bonds is 6. The summed E-state index contributed by atoms with van der Waals surface area (Å²) in [5.41, 5.74) is 2.34. The molecule has 1 aliphatic heterocycles. The molecule has 3 rings (SSSR count). The quantitative estimate of drug-likeness (QED) is 0.884. The molecule has 0 atom stereocenters. The van der Waals surface area contributed by atoms with Crippen molar-refractivity contribution < 1.29 is 0 Å². The van der Waals surface area contributed by atoms with Crippen LogP contribution in [-0.4, -0.2) is 54.1 Å². The molecule has 0 unspecified atom stereocenters. The highest BCUT2D eigenvalue weighted by Crippen LogP contribution is 2.17. The van der Waals surface area contributed by atoms with Crippen LogP contribution in [0, 0.1) is 6.92 Å². The van der Waals surface area contributed by atoms with E-state index in [1.807, 2.05) is 13.0 Å². The molecule has 128 valence electrons. The second kappa shape index (κ2) is 8.11. The lowest BCUT2D eigenvalue weighted by Crippen LogP contribution is -2.46. The molecule has 0 bridgehead atoms. The lowest BCUT2D eigenvalue weighted by molar-refractivity contribution is 0.270. The summed E-state index contributed by atoms with van der Waals surface area (Å²) in [5.74, 6) is 1.78. The van der Waals surface area contributed by atoms with Gasteiger partial charge in [0.2, 0.25) is 5.95 Å². The number of likely N-dealkylation sites (N-methyl/N-ethyl adjacent to an activating group) is 1. The van der Waals surface area contributed by atoms with Gasteiger partial charge >= 0.3 is 0 Å². The first-order valence-corrected chi connectivity index (χ1v) is 8.85. The van der Waals surface area contributed by atoms with Crippen LogP contribution in [0.4, 0.5) is 11.8 Å². The number of hydrogen-bond acceptors (Lipinski definition) is 5. The van der Waals surface area contributed by atoms with Crippen LogP contribution in [0.3, 0.4) is 0 Å². The van der Waals surface area contributed by atoms with E-state index in [9.17, 15) is 0 Å². The van der Waals surface area contributed by atoms with Crippen molar-refractivity contribution in [2.75, 3.05) is 49.5 Å². The van der Waals surface area contributed by atoms with Gasteiger partial charge in [0.15, 0.2) is 0 Å². The lowest BCUT2D eigenvalue weighted by atomic mass is 10.1. The fraction of sp³-hybridized carbons (Fsp3) is 0.474. The van der Waals surface area contributed by atoms with Gasteiger partial charge in [0.1, 0.15) is 5.82 Å². The van der Waals surface area contributed by atoms with Gasteiger partial charge in [-0.2, -0.15) is 4.98 Å². The Labute approximate surface area is 144 Å². The first-order chi connectivity index (χ1) is 11.7. The van der Waals surface area contributed by atoms with Gasteiger partial charge < -0.3 is 15.1 Å². The van der Waals surface area contributed by atoms with Crippen molar-refractivity contribution in [1.82, 2.24) is 14.9 Å². The van der Waals surface area contributed by atoms with E-state index in [1.54, 1.807) is 0 Å². The van der Waals surface area contributed by atoms with Crippen LogP contribution in [0.5, 0.6) is 0 Å². The summed E-state index contributed by atoms with van der Waals surface area (Å²) >= 11 is 0. The van der Waals surface area contributed by atoms with E-state index < -0.39 is 0 Å². The molecule has 0 aliphatic carbocycles. The van der Waals surface area contributed by atoms with Crippen LogP contribution in [0.2, 0.25) is 0 Å². The molecule has 0 saturated carbocycles. The zero-order chi connectivity index (χ0) is 16.8. The van der Waals surface area contributed by atoms with E-state index in [-0.39, 0.29) is 0 Å². The Bertz CT molecular complexity index is 635. The first kappa shape index (κ1) is 16.7. The zero-order valence-electron chi connectivity index (χ0n) is 14.7. The highest BCUT2D eigenvalue weighted by molar-refractivity contribution is 5.45. The summed E-state index contributed by atoms with van der Waals surface area (Å²) in [4.78, 5) is 14.1. The Hall–Kier alpha value is -2.14. The van der Waals surface area contributed by atoms with Crippen molar-refractivity contribution in [1.29, 1.82) is 0 Å². The second-order valence-corrected chi connectivity index (χ2v) is 6.27. The van der Waals surface area contributed by atoms with E-state index in [2.05, 4.69) is 57.4 Å². The maximum atomic E-state index is 4.72. The highest BCUT2D eigenvalue weighted by Gasteiger charge is 2.17. The van der Waals surface area contributed by atoms with Crippen LogP contribution in [-0.2, 0) is 6.42 Å². The van der Waals surface area contributed by atoms with Gasteiger partial charge in [0, 0.05) is 44.5 Å². The molecule has 0 amide bonds. The normalized spacial score (nSPS) is 15.5. The molecule has 1 saturated heterocycles. The molecule has 5 heteroatoms. The minimum Gasteiger partial charge on any atom is -0.354 e. The molecular formula is C19H27N5. The fourth-order valence-corrected chi connectivity index (χ4v) is 3.05. The number of nitrogens with one attached hydrogen (secondary N) is 1. The average molecular weight is 325 g/mol. The predicted octanol–water partition coefficient (Wildman–Crippen LogP) is 2.58. The van der Waals surface area contributed by atoms with E-state index in [4.69, 9.17) is 4.98 Å². The summed E-state index contributed by atoms with van der Waals surface area (Å²) in [6.07, 6.45) is 0.975. The van der Waals surface area contributed by atoms with Crippen molar-refractivity contribution in [3.05, 3.63) is 47.7 Å². The maximum absolute atomic E-state index is 4.72. The first-order valence-electron chi connectivity index (χ1n) is 8.85. The number of aryl methyl sites for hydroxylation is 1. The van der Waals surface area contributed by atoms with Gasteiger partial charge in [-0.25, -0.2) is 4.98 Å². The average Bonchev–Trinajstić information content (AvgIpc) is 2.62. The van der Waals surface area contributed by atoms with E-state index in [0.29, 0.717) is 0 Å². The largest absolute Gasteiger partial charge is 0.354 e. The number of nitrogens with zero attached hydrogens (tertiary/aromatic N) is 4. The van der Waals surface area contributed by atoms with E-state index in [0.717, 1.165) is 63.1 Å². The van der Waals surface area contributed by atoms with Crippen LogP contribution < -0.4 is 10.2 Å². The molecule has 1 fully saturated rings. The smallest absolute Gasteiger partial charge is 0.224 e. The number of piperazine rings is 1. The summed E-state index contributed by atoms with van der Waals surface area (Å²) in [7, 11) is 0. The van der Waals surface area contributed by atoms with Crippen molar-refractivity contribution in [3.8, 4) is 0 Å². The third-order valence-electron chi connectivity index (χ3n) is 4.52. The van der Waals surface area contributed by atoms with Crippen LogP contribution in [0.15, 0.2) is 36.4 Å². The summed E-state index contributed by atoms with van der Waals surface area (Å²) < 4.78 is 0. The molecule has 2 aromatic rings. The molecule has 24 heavy (non-hydrogen) atoms. The number of benzene rings is 1. The van der Waals surface area contributed by atoms with Crippen molar-refractivity contribution in [3.63, 3.8) is 0 Å². The lowest BCUT2D eigenvalue weighted by Gasteiger charge is -2.34. The van der Waals surface area contributed by atoms with Crippen LogP contribution >= 0.6 is 0 Å². The van der Waals surface area contributed by atoms with Gasteiger partial charge in [0.05, 0.1) is 0 Å². The SMILES string of the molecule is CCN1CCN(c2cc(C)nc(NCCc3ccccc3)n2)CC1. The van der Waals surface area contributed by atoms with Gasteiger partial charge in [-0.3, -0.25) is 0 Å².